The van der Waals surface area contributed by atoms with E-state index in [2.05, 4.69) is 0 Å². The molecule has 0 bridgehead atoms. The van der Waals surface area contributed by atoms with Gasteiger partial charge in [-0.15, -0.1) is 0 Å². The number of thioether (sulfide) groups is 1. The molecule has 6 nitrogen and oxygen atoms in total. The Bertz CT molecular complexity index is 1560. The predicted octanol–water partition coefficient (Wildman–Crippen LogP) is 7.14. The lowest BCUT2D eigenvalue weighted by atomic mass is 10.1. The third-order valence-electron chi connectivity index (χ3n) is 6.71. The molecule has 0 aliphatic carbocycles. The third kappa shape index (κ3) is 6.64. The smallest absolute Gasteiger partial charge is 0.338 e. The first kappa shape index (κ1) is 28.9. The molecular weight excluding hydrogens is 544 g/mol. The minimum absolute atomic E-state index is 0.257. The van der Waals surface area contributed by atoms with E-state index in [9.17, 15) is 14.4 Å². The predicted molar refractivity (Wildman–Crippen MR) is 166 cm³/mol. The van der Waals surface area contributed by atoms with Gasteiger partial charge in [-0.2, -0.15) is 0 Å². The maximum absolute atomic E-state index is 14.3. The van der Waals surface area contributed by atoms with E-state index >= 15 is 0 Å². The number of hydrogen-bond acceptors (Lipinski definition) is 6. The van der Waals surface area contributed by atoms with E-state index in [1.54, 1.807) is 38.1 Å². The minimum atomic E-state index is -0.457. The molecule has 212 valence electrons. The number of nitrogens with zero attached hydrogens (tertiary/aromatic N) is 2. The van der Waals surface area contributed by atoms with Gasteiger partial charge in [-0.3, -0.25) is 9.59 Å². The van der Waals surface area contributed by atoms with Gasteiger partial charge in [0, 0.05) is 18.0 Å². The number of amides is 2. The minimum Gasteiger partial charge on any atom is -0.459 e. The summed E-state index contributed by atoms with van der Waals surface area (Å²) in [6.07, 6.45) is -0.257. The second-order valence-corrected chi connectivity index (χ2v) is 11.5. The van der Waals surface area contributed by atoms with Crippen molar-refractivity contribution in [2.24, 2.45) is 0 Å². The summed E-state index contributed by atoms with van der Waals surface area (Å²) in [6, 6.07) is 34.1. The molecule has 0 saturated heterocycles. The van der Waals surface area contributed by atoms with Gasteiger partial charge in [-0.1, -0.05) is 90.1 Å². The Kier molecular flexibility index (Phi) is 8.88. The number of carbonyl (C=O) groups is 3. The van der Waals surface area contributed by atoms with Crippen LogP contribution in [-0.4, -0.2) is 28.8 Å². The van der Waals surface area contributed by atoms with Gasteiger partial charge in [-0.25, -0.2) is 9.69 Å². The number of carbonyl (C=O) groups excluding carboxylic acids is 3. The lowest BCUT2D eigenvalue weighted by Crippen LogP contribution is -2.35. The van der Waals surface area contributed by atoms with Crippen molar-refractivity contribution in [2.45, 2.75) is 44.9 Å². The monoisotopic (exact) mass is 576 g/mol. The lowest BCUT2D eigenvalue weighted by Gasteiger charge is -2.26. The fraction of sp³-hybridized carbons (Fsp3) is 0.171. The Hall–Kier alpha value is -4.62. The van der Waals surface area contributed by atoms with Gasteiger partial charge >= 0.3 is 5.97 Å². The van der Waals surface area contributed by atoms with Crippen molar-refractivity contribution >= 4 is 35.2 Å². The highest BCUT2D eigenvalue weighted by Crippen LogP contribution is 2.40. The Labute approximate surface area is 250 Å². The van der Waals surface area contributed by atoms with Gasteiger partial charge in [0.05, 0.1) is 17.4 Å². The Morgan fingerprint density at radius 1 is 0.762 bits per heavy atom. The van der Waals surface area contributed by atoms with Gasteiger partial charge in [0.25, 0.3) is 11.8 Å². The van der Waals surface area contributed by atoms with Gasteiger partial charge in [0.1, 0.15) is 10.6 Å². The summed E-state index contributed by atoms with van der Waals surface area (Å²) in [7, 11) is 0. The molecule has 0 spiro atoms. The number of rotatable bonds is 10. The fourth-order valence-electron chi connectivity index (χ4n) is 4.68. The molecular formula is C35H32N2O4S. The molecule has 0 radical (unpaired) electrons. The number of benzene rings is 4. The van der Waals surface area contributed by atoms with Crippen LogP contribution in [0.3, 0.4) is 0 Å². The molecule has 2 amide bonds. The quantitative estimate of drug-likeness (QED) is 0.148. The maximum atomic E-state index is 14.3. The van der Waals surface area contributed by atoms with Crippen LogP contribution in [0.15, 0.2) is 125 Å². The maximum Gasteiger partial charge on any atom is 0.338 e. The molecule has 0 atom stereocenters. The molecule has 0 N–H and O–H groups in total. The van der Waals surface area contributed by atoms with Crippen molar-refractivity contribution in [1.29, 1.82) is 0 Å². The first-order valence-corrected chi connectivity index (χ1v) is 14.6. The topological polar surface area (TPSA) is 66.9 Å². The van der Waals surface area contributed by atoms with Crippen LogP contribution in [0.4, 0.5) is 5.69 Å². The molecule has 0 fully saturated rings. The van der Waals surface area contributed by atoms with Gasteiger partial charge in [0.15, 0.2) is 0 Å². The summed E-state index contributed by atoms with van der Waals surface area (Å²) in [5.74, 6) is -1.26. The van der Waals surface area contributed by atoms with Crippen LogP contribution >= 0.6 is 11.8 Å². The third-order valence-corrected chi connectivity index (χ3v) is 7.79. The lowest BCUT2D eigenvalue weighted by molar-refractivity contribution is -0.121. The van der Waals surface area contributed by atoms with E-state index < -0.39 is 17.8 Å². The molecule has 0 aromatic heterocycles. The molecule has 1 aliphatic rings. The van der Waals surface area contributed by atoms with Crippen molar-refractivity contribution < 1.29 is 19.1 Å². The summed E-state index contributed by atoms with van der Waals surface area (Å²) < 4.78 is 5.29. The van der Waals surface area contributed by atoms with Crippen molar-refractivity contribution in [3.05, 3.63) is 142 Å². The Morgan fingerprint density at radius 3 is 1.83 bits per heavy atom. The van der Waals surface area contributed by atoms with E-state index in [0.717, 1.165) is 21.6 Å². The number of esters is 1. The number of hydrogen-bond donors (Lipinski definition) is 0. The standard InChI is InChI=1S/C35H32N2O4S/c1-24(2)41-35(40)28-16-18-29(19-17-28)37-33(38)31(32(34(37)39)42-30-20-14-25(3)15-21-30)36(22-26-10-6-4-7-11-26)23-27-12-8-5-9-13-27/h4-21,24H,22-23H2,1-3H3. The second kappa shape index (κ2) is 12.9. The van der Waals surface area contributed by atoms with Crippen LogP contribution in [0.2, 0.25) is 0 Å². The van der Waals surface area contributed by atoms with Crippen LogP contribution in [0, 0.1) is 6.92 Å². The summed E-state index contributed by atoms with van der Waals surface area (Å²) in [4.78, 5) is 45.1. The van der Waals surface area contributed by atoms with Gasteiger partial charge in [-0.05, 0) is 68.3 Å². The molecule has 1 aliphatic heterocycles. The van der Waals surface area contributed by atoms with Crippen molar-refractivity contribution in [2.75, 3.05) is 4.90 Å². The van der Waals surface area contributed by atoms with Crippen LogP contribution in [0.25, 0.3) is 0 Å². The summed E-state index contributed by atoms with van der Waals surface area (Å²) in [5.41, 5.74) is 4.24. The zero-order valence-electron chi connectivity index (χ0n) is 23.8. The van der Waals surface area contributed by atoms with E-state index in [4.69, 9.17) is 4.74 Å². The number of ether oxygens (including phenoxy) is 1. The number of imide groups is 1. The van der Waals surface area contributed by atoms with Crippen molar-refractivity contribution in [3.63, 3.8) is 0 Å². The first-order valence-electron chi connectivity index (χ1n) is 13.8. The molecule has 0 saturated carbocycles. The zero-order valence-corrected chi connectivity index (χ0v) is 24.6. The average molecular weight is 577 g/mol. The molecule has 1 heterocycles. The summed E-state index contributed by atoms with van der Waals surface area (Å²) >= 11 is 1.29. The fourth-order valence-corrected chi connectivity index (χ4v) is 5.68. The van der Waals surface area contributed by atoms with E-state index in [-0.39, 0.29) is 6.10 Å². The normalized spacial score (nSPS) is 13.2. The zero-order chi connectivity index (χ0) is 29.6. The highest BCUT2D eigenvalue weighted by Gasteiger charge is 2.42. The highest BCUT2D eigenvalue weighted by atomic mass is 32.2. The molecule has 5 rings (SSSR count). The van der Waals surface area contributed by atoms with Gasteiger partial charge < -0.3 is 9.64 Å². The molecule has 0 unspecified atom stereocenters. The number of anilines is 1. The molecule has 4 aromatic carbocycles. The molecule has 4 aromatic rings. The van der Waals surface area contributed by atoms with E-state index in [1.807, 2.05) is 96.8 Å². The van der Waals surface area contributed by atoms with Crippen molar-refractivity contribution in [1.82, 2.24) is 4.90 Å². The van der Waals surface area contributed by atoms with Crippen molar-refractivity contribution in [3.8, 4) is 0 Å². The van der Waals surface area contributed by atoms with E-state index in [0.29, 0.717) is 34.9 Å². The summed E-state index contributed by atoms with van der Waals surface area (Å²) in [6.45, 7) is 6.45. The Balaban J connectivity index is 1.56. The number of aryl methyl sites for hydroxylation is 1. The van der Waals surface area contributed by atoms with Gasteiger partial charge in [0.2, 0.25) is 0 Å². The van der Waals surface area contributed by atoms with Crippen LogP contribution in [0.5, 0.6) is 0 Å². The second-order valence-electron chi connectivity index (χ2n) is 10.4. The first-order chi connectivity index (χ1) is 20.3. The van der Waals surface area contributed by atoms with Crippen LogP contribution in [-0.2, 0) is 27.4 Å². The largest absolute Gasteiger partial charge is 0.459 e. The Morgan fingerprint density at radius 2 is 1.31 bits per heavy atom. The van der Waals surface area contributed by atoms with E-state index in [1.165, 1.54) is 16.7 Å². The average Bonchev–Trinajstić information content (AvgIpc) is 3.23. The SMILES string of the molecule is Cc1ccc(SC2=C(N(Cc3ccccc3)Cc3ccccc3)C(=O)N(c3ccc(C(=O)OC(C)C)cc3)C2=O)cc1. The van der Waals surface area contributed by atoms with Crippen LogP contribution < -0.4 is 4.90 Å². The molecule has 7 heteroatoms. The van der Waals surface area contributed by atoms with Crippen LogP contribution in [0.1, 0.15) is 40.9 Å². The molecule has 42 heavy (non-hydrogen) atoms. The summed E-state index contributed by atoms with van der Waals surface area (Å²) in [5, 5.41) is 0. The highest BCUT2D eigenvalue weighted by molar-refractivity contribution is 8.04.